The highest BCUT2D eigenvalue weighted by atomic mass is 35.5. The normalized spacial score (nSPS) is 11.9. The van der Waals surface area contributed by atoms with Crippen molar-refractivity contribution in [2.45, 2.75) is 50.6 Å². The number of unbranched alkanes of at least 4 members (excludes halogenated alkanes) is 1. The van der Waals surface area contributed by atoms with Crippen LogP contribution in [0.1, 0.15) is 36.5 Å². The van der Waals surface area contributed by atoms with Crippen LogP contribution in [-0.2, 0) is 32.6 Å². The number of hydrogen-bond acceptors (Lipinski definition) is 4. The van der Waals surface area contributed by atoms with Gasteiger partial charge >= 0.3 is 0 Å². The van der Waals surface area contributed by atoms with Gasteiger partial charge in [-0.1, -0.05) is 108 Å². The van der Waals surface area contributed by atoms with Crippen LogP contribution in [-0.4, -0.2) is 44.3 Å². The smallest absolute Gasteiger partial charge is 0.264 e. The third-order valence-corrected chi connectivity index (χ3v) is 10.2. The number of rotatable bonds is 14. The summed E-state index contributed by atoms with van der Waals surface area (Å²) in [5.74, 6) is -0.997. The van der Waals surface area contributed by atoms with E-state index in [9.17, 15) is 18.0 Å². The van der Waals surface area contributed by atoms with E-state index in [1.54, 1.807) is 48.5 Å². The van der Waals surface area contributed by atoms with Crippen LogP contribution in [0.25, 0.3) is 0 Å². The van der Waals surface area contributed by atoms with Crippen molar-refractivity contribution in [3.8, 4) is 0 Å². The number of benzene rings is 4. The maximum atomic E-state index is 14.6. The van der Waals surface area contributed by atoms with Crippen LogP contribution in [0, 0.1) is 6.92 Å². The zero-order chi connectivity index (χ0) is 33.3. The SMILES string of the molecule is CCCCNC(=O)[C@@H](Cc1ccccc1)N(Cc1c(Cl)cccc1Cl)C(=O)CN(c1cccc(Cl)c1)S(=O)(=O)c1ccc(C)cc1. The molecule has 0 unspecified atom stereocenters. The number of carbonyl (C=O) groups is 2. The molecule has 0 saturated carbocycles. The number of amides is 2. The summed E-state index contributed by atoms with van der Waals surface area (Å²) in [7, 11) is -4.25. The Bertz CT molecular complexity index is 1730. The molecule has 0 spiro atoms. The van der Waals surface area contributed by atoms with Crippen molar-refractivity contribution in [3.63, 3.8) is 0 Å². The molecule has 0 aliphatic rings. The predicted molar refractivity (Wildman–Crippen MR) is 186 cm³/mol. The van der Waals surface area contributed by atoms with Crippen molar-refractivity contribution in [3.05, 3.63) is 129 Å². The summed E-state index contributed by atoms with van der Waals surface area (Å²) in [6.07, 6.45) is 1.80. The Labute approximate surface area is 286 Å². The summed E-state index contributed by atoms with van der Waals surface area (Å²) >= 11 is 19.4. The van der Waals surface area contributed by atoms with Crippen molar-refractivity contribution in [2.75, 3.05) is 17.4 Å². The van der Waals surface area contributed by atoms with Gasteiger partial charge in [-0.15, -0.1) is 0 Å². The Morgan fingerprint density at radius 3 is 2.13 bits per heavy atom. The van der Waals surface area contributed by atoms with Crippen LogP contribution in [0.5, 0.6) is 0 Å². The number of anilines is 1. The molecule has 0 aromatic heterocycles. The highest BCUT2D eigenvalue weighted by molar-refractivity contribution is 7.92. The van der Waals surface area contributed by atoms with Crippen LogP contribution >= 0.6 is 34.8 Å². The van der Waals surface area contributed by atoms with Gasteiger partial charge in [-0.2, -0.15) is 0 Å². The molecule has 46 heavy (non-hydrogen) atoms. The van der Waals surface area contributed by atoms with Gasteiger partial charge < -0.3 is 10.2 Å². The molecule has 1 N–H and O–H groups in total. The number of halogens is 3. The van der Waals surface area contributed by atoms with E-state index in [-0.39, 0.29) is 29.5 Å². The zero-order valence-electron chi connectivity index (χ0n) is 25.6. The third-order valence-electron chi connectivity index (χ3n) is 7.47. The molecule has 0 aliphatic heterocycles. The molecule has 11 heteroatoms. The molecule has 1 atom stereocenters. The van der Waals surface area contributed by atoms with Crippen molar-refractivity contribution >= 4 is 62.3 Å². The zero-order valence-corrected chi connectivity index (χ0v) is 28.7. The van der Waals surface area contributed by atoms with Gasteiger partial charge in [0.25, 0.3) is 10.0 Å². The summed E-state index contributed by atoms with van der Waals surface area (Å²) in [5, 5.41) is 3.89. The van der Waals surface area contributed by atoms with Gasteiger partial charge in [0.05, 0.1) is 10.6 Å². The van der Waals surface area contributed by atoms with Gasteiger partial charge in [-0.25, -0.2) is 8.42 Å². The van der Waals surface area contributed by atoms with E-state index < -0.39 is 28.5 Å². The minimum atomic E-state index is -4.25. The minimum absolute atomic E-state index is 0.00437. The first-order valence-electron chi connectivity index (χ1n) is 14.9. The molecule has 0 fully saturated rings. The van der Waals surface area contributed by atoms with Crippen LogP contribution in [0.2, 0.25) is 15.1 Å². The molecule has 4 aromatic carbocycles. The first kappa shape index (κ1) is 35.3. The fourth-order valence-corrected chi connectivity index (χ4v) is 7.02. The van der Waals surface area contributed by atoms with Crippen molar-refractivity contribution in [1.82, 2.24) is 10.2 Å². The Morgan fingerprint density at radius 2 is 1.50 bits per heavy atom. The largest absolute Gasteiger partial charge is 0.354 e. The van der Waals surface area contributed by atoms with Gasteiger partial charge in [-0.3, -0.25) is 13.9 Å². The fraction of sp³-hybridized carbons (Fsp3) is 0.257. The average Bonchev–Trinajstić information content (AvgIpc) is 3.03. The maximum Gasteiger partial charge on any atom is 0.264 e. The average molecular weight is 701 g/mol. The van der Waals surface area contributed by atoms with Gasteiger partial charge in [0.2, 0.25) is 11.8 Å². The Hall–Kier alpha value is -3.56. The molecule has 4 rings (SSSR count). The molecule has 0 radical (unpaired) electrons. The monoisotopic (exact) mass is 699 g/mol. The Morgan fingerprint density at radius 1 is 0.848 bits per heavy atom. The highest BCUT2D eigenvalue weighted by Crippen LogP contribution is 2.30. The van der Waals surface area contributed by atoms with Crippen molar-refractivity contribution in [2.24, 2.45) is 0 Å². The van der Waals surface area contributed by atoms with E-state index in [2.05, 4.69) is 5.32 Å². The molecule has 4 aromatic rings. The van der Waals surface area contributed by atoms with E-state index in [1.165, 1.54) is 23.1 Å². The topological polar surface area (TPSA) is 86.8 Å². The number of nitrogens with zero attached hydrogens (tertiary/aromatic N) is 2. The molecular formula is C35H36Cl3N3O4S. The molecule has 2 amide bonds. The summed E-state index contributed by atoms with van der Waals surface area (Å²) in [6.45, 7) is 3.54. The number of sulfonamides is 1. The second-order valence-corrected chi connectivity index (χ2v) is 14.0. The van der Waals surface area contributed by atoms with Crippen molar-refractivity contribution in [1.29, 1.82) is 0 Å². The molecule has 0 heterocycles. The number of hydrogen-bond donors (Lipinski definition) is 1. The van der Waals surface area contributed by atoms with Crippen LogP contribution < -0.4 is 9.62 Å². The predicted octanol–water partition coefficient (Wildman–Crippen LogP) is 7.71. The van der Waals surface area contributed by atoms with Crippen LogP contribution in [0.3, 0.4) is 0 Å². The third kappa shape index (κ3) is 9.04. The van der Waals surface area contributed by atoms with Crippen molar-refractivity contribution < 1.29 is 18.0 Å². The number of nitrogens with one attached hydrogen (secondary N) is 1. The van der Waals surface area contributed by atoms with Crippen LogP contribution in [0.4, 0.5) is 5.69 Å². The molecule has 0 bridgehead atoms. The minimum Gasteiger partial charge on any atom is -0.354 e. The standard InChI is InChI=1S/C35H36Cl3N3O4S/c1-3-4-20-39-35(43)33(21-26-10-6-5-7-11-26)40(23-30-31(37)14-9-15-32(30)38)34(42)24-41(28-13-8-12-27(36)22-28)46(44,45)29-18-16-25(2)17-19-29/h5-19,22,33H,3-4,20-21,23-24H2,1-2H3,(H,39,43)/t33-/m1/s1. The van der Waals surface area contributed by atoms with Gasteiger partial charge in [-0.05, 0) is 61.4 Å². The van der Waals surface area contributed by atoms with Gasteiger partial charge in [0.15, 0.2) is 0 Å². The van der Waals surface area contributed by atoms with Crippen LogP contribution in [0.15, 0.2) is 102 Å². The summed E-state index contributed by atoms with van der Waals surface area (Å²) < 4.78 is 29.3. The number of carbonyl (C=O) groups excluding carboxylic acids is 2. The van der Waals surface area contributed by atoms with E-state index >= 15 is 0 Å². The lowest BCUT2D eigenvalue weighted by Gasteiger charge is -2.34. The Kier molecular flexibility index (Phi) is 12.5. The molecule has 0 saturated heterocycles. The lowest BCUT2D eigenvalue weighted by molar-refractivity contribution is -0.140. The van der Waals surface area contributed by atoms with E-state index in [0.717, 1.165) is 28.3 Å². The highest BCUT2D eigenvalue weighted by Gasteiger charge is 2.35. The summed E-state index contributed by atoms with van der Waals surface area (Å²) in [6, 6.07) is 25.9. The van der Waals surface area contributed by atoms with E-state index in [4.69, 9.17) is 34.8 Å². The van der Waals surface area contributed by atoms with Gasteiger partial charge in [0, 0.05) is 40.1 Å². The van der Waals surface area contributed by atoms with E-state index in [1.807, 2.05) is 44.2 Å². The molecule has 242 valence electrons. The molecular weight excluding hydrogens is 665 g/mol. The second-order valence-electron chi connectivity index (χ2n) is 10.9. The molecule has 7 nitrogen and oxygen atoms in total. The summed E-state index contributed by atoms with van der Waals surface area (Å²) in [4.78, 5) is 29.8. The Balaban J connectivity index is 1.82. The summed E-state index contributed by atoms with van der Waals surface area (Å²) in [5.41, 5.74) is 2.34. The molecule has 0 aliphatic carbocycles. The lowest BCUT2D eigenvalue weighted by atomic mass is 10.0. The first-order chi connectivity index (χ1) is 22.0. The lowest BCUT2D eigenvalue weighted by Crippen LogP contribution is -2.53. The maximum absolute atomic E-state index is 14.6. The quantitative estimate of drug-likeness (QED) is 0.137. The fourth-order valence-electron chi connectivity index (χ4n) is 4.91. The second kappa shape index (κ2) is 16.3. The first-order valence-corrected chi connectivity index (χ1v) is 17.5. The van der Waals surface area contributed by atoms with Gasteiger partial charge in [0.1, 0.15) is 12.6 Å². The number of aryl methyl sites for hydroxylation is 1. The van der Waals surface area contributed by atoms with E-state index in [0.29, 0.717) is 27.2 Å².